The topological polar surface area (TPSA) is 41.1 Å². The molecule has 0 spiro atoms. The van der Waals surface area contributed by atoms with E-state index in [0.717, 1.165) is 19.5 Å². The first-order chi connectivity index (χ1) is 9.58. The summed E-state index contributed by atoms with van der Waals surface area (Å²) in [6.45, 7) is 10.1. The van der Waals surface area contributed by atoms with Gasteiger partial charge in [0.2, 0.25) is 5.91 Å². The van der Waals surface area contributed by atoms with Crippen molar-refractivity contribution >= 4 is 5.91 Å². The highest BCUT2D eigenvalue weighted by molar-refractivity contribution is 5.76. The van der Waals surface area contributed by atoms with E-state index in [-0.39, 0.29) is 11.9 Å². The van der Waals surface area contributed by atoms with E-state index in [9.17, 15) is 4.79 Å². The number of hydrogen-bond acceptors (Lipinski definition) is 2. The lowest BCUT2D eigenvalue weighted by atomic mass is 9.94. The Morgan fingerprint density at radius 1 is 1.15 bits per heavy atom. The zero-order chi connectivity index (χ0) is 15.0. The molecular formula is C17H28N2O. The van der Waals surface area contributed by atoms with Gasteiger partial charge in [0.15, 0.2) is 0 Å². The molecule has 1 aromatic carbocycles. The molecular weight excluding hydrogens is 248 g/mol. The van der Waals surface area contributed by atoms with Crippen LogP contribution in [0.4, 0.5) is 0 Å². The molecule has 0 heterocycles. The van der Waals surface area contributed by atoms with Crippen molar-refractivity contribution < 1.29 is 4.79 Å². The van der Waals surface area contributed by atoms with Crippen LogP contribution in [0, 0.1) is 5.92 Å². The van der Waals surface area contributed by atoms with Crippen LogP contribution in [-0.2, 0) is 11.2 Å². The van der Waals surface area contributed by atoms with Crippen molar-refractivity contribution in [1.29, 1.82) is 0 Å². The van der Waals surface area contributed by atoms with Crippen LogP contribution in [0.25, 0.3) is 0 Å². The third-order valence-electron chi connectivity index (χ3n) is 3.51. The van der Waals surface area contributed by atoms with Gasteiger partial charge in [-0.2, -0.15) is 0 Å². The van der Waals surface area contributed by atoms with Gasteiger partial charge in [-0.25, -0.2) is 0 Å². The Balaban J connectivity index is 2.65. The van der Waals surface area contributed by atoms with Crippen LogP contribution < -0.4 is 10.6 Å². The molecule has 0 radical (unpaired) electrons. The maximum absolute atomic E-state index is 12.0. The van der Waals surface area contributed by atoms with Gasteiger partial charge < -0.3 is 10.6 Å². The summed E-state index contributed by atoms with van der Waals surface area (Å²) in [6, 6.07) is 8.66. The van der Waals surface area contributed by atoms with E-state index in [4.69, 9.17) is 0 Å². The van der Waals surface area contributed by atoms with E-state index < -0.39 is 0 Å². The fraction of sp³-hybridized carbons (Fsp3) is 0.588. The first kappa shape index (κ1) is 16.7. The maximum atomic E-state index is 12.0. The summed E-state index contributed by atoms with van der Waals surface area (Å²) in [7, 11) is 0. The largest absolute Gasteiger partial charge is 0.349 e. The summed E-state index contributed by atoms with van der Waals surface area (Å²) in [5.41, 5.74) is 2.52. The molecule has 0 saturated heterocycles. The zero-order valence-electron chi connectivity index (χ0n) is 13.2. The average molecular weight is 276 g/mol. The van der Waals surface area contributed by atoms with Crippen molar-refractivity contribution in [1.82, 2.24) is 10.6 Å². The predicted molar refractivity (Wildman–Crippen MR) is 84.7 cm³/mol. The predicted octanol–water partition coefficient (Wildman–Crippen LogP) is 3.06. The Morgan fingerprint density at radius 2 is 1.80 bits per heavy atom. The molecule has 0 aromatic heterocycles. The molecule has 0 aliphatic heterocycles. The second-order valence-corrected chi connectivity index (χ2v) is 5.49. The minimum absolute atomic E-state index is 0.0926. The fourth-order valence-corrected chi connectivity index (χ4v) is 2.22. The highest BCUT2D eigenvalue weighted by atomic mass is 16.1. The van der Waals surface area contributed by atoms with Crippen LogP contribution >= 0.6 is 0 Å². The number of aryl methyl sites for hydroxylation is 1. The van der Waals surface area contributed by atoms with E-state index in [1.165, 1.54) is 11.1 Å². The number of carbonyl (C=O) groups excluding carboxylic acids is 1. The van der Waals surface area contributed by atoms with Gasteiger partial charge in [0.1, 0.15) is 0 Å². The number of amides is 1. The van der Waals surface area contributed by atoms with E-state index in [1.54, 1.807) is 0 Å². The van der Waals surface area contributed by atoms with Gasteiger partial charge in [-0.05, 0) is 30.0 Å². The molecule has 3 nitrogen and oxygen atoms in total. The molecule has 1 unspecified atom stereocenters. The van der Waals surface area contributed by atoms with Crippen LogP contribution in [0.5, 0.6) is 0 Å². The highest BCUT2D eigenvalue weighted by Crippen LogP contribution is 2.22. The van der Waals surface area contributed by atoms with Crippen molar-refractivity contribution in [2.45, 2.75) is 46.6 Å². The SMILES string of the molecule is CCNCCC(=O)NC(c1ccc(CC)cc1)C(C)C. The van der Waals surface area contributed by atoms with Crippen molar-refractivity contribution in [3.05, 3.63) is 35.4 Å². The minimum atomic E-state index is 0.0926. The summed E-state index contributed by atoms with van der Waals surface area (Å²) in [4.78, 5) is 12.0. The standard InChI is InChI=1S/C17H28N2O/c1-5-14-7-9-15(10-8-14)17(13(3)4)19-16(20)11-12-18-6-2/h7-10,13,17-18H,5-6,11-12H2,1-4H3,(H,19,20). The molecule has 0 aliphatic rings. The second kappa shape index (κ2) is 8.75. The summed E-state index contributed by atoms with van der Waals surface area (Å²) < 4.78 is 0. The van der Waals surface area contributed by atoms with Gasteiger partial charge >= 0.3 is 0 Å². The Morgan fingerprint density at radius 3 is 2.30 bits per heavy atom. The molecule has 1 rings (SSSR count). The molecule has 2 N–H and O–H groups in total. The number of nitrogens with one attached hydrogen (secondary N) is 2. The lowest BCUT2D eigenvalue weighted by Gasteiger charge is -2.23. The van der Waals surface area contributed by atoms with E-state index in [0.29, 0.717) is 12.3 Å². The molecule has 0 bridgehead atoms. The summed E-state index contributed by atoms with van der Waals surface area (Å²) >= 11 is 0. The monoisotopic (exact) mass is 276 g/mol. The lowest BCUT2D eigenvalue weighted by molar-refractivity contribution is -0.122. The van der Waals surface area contributed by atoms with E-state index >= 15 is 0 Å². The van der Waals surface area contributed by atoms with Crippen molar-refractivity contribution in [3.8, 4) is 0 Å². The third-order valence-corrected chi connectivity index (χ3v) is 3.51. The number of rotatable bonds is 8. The zero-order valence-corrected chi connectivity index (χ0v) is 13.2. The Hall–Kier alpha value is -1.35. The smallest absolute Gasteiger partial charge is 0.221 e. The van der Waals surface area contributed by atoms with E-state index in [2.05, 4.69) is 55.7 Å². The number of hydrogen-bond donors (Lipinski definition) is 2. The third kappa shape index (κ3) is 5.33. The first-order valence-electron chi connectivity index (χ1n) is 7.67. The summed E-state index contributed by atoms with van der Waals surface area (Å²) in [5, 5.41) is 6.33. The van der Waals surface area contributed by atoms with Gasteiger partial charge in [-0.3, -0.25) is 4.79 Å². The van der Waals surface area contributed by atoms with E-state index in [1.807, 2.05) is 6.92 Å². The van der Waals surface area contributed by atoms with Crippen LogP contribution in [-0.4, -0.2) is 19.0 Å². The molecule has 20 heavy (non-hydrogen) atoms. The van der Waals surface area contributed by atoms with Crippen molar-refractivity contribution in [2.75, 3.05) is 13.1 Å². The van der Waals surface area contributed by atoms with Crippen LogP contribution in [0.2, 0.25) is 0 Å². The summed E-state index contributed by atoms with van der Waals surface area (Å²) in [5.74, 6) is 0.495. The summed E-state index contributed by atoms with van der Waals surface area (Å²) in [6.07, 6.45) is 1.58. The average Bonchev–Trinajstić information content (AvgIpc) is 2.45. The molecule has 1 atom stereocenters. The van der Waals surface area contributed by atoms with Gasteiger partial charge in [0.25, 0.3) is 0 Å². The van der Waals surface area contributed by atoms with Crippen molar-refractivity contribution in [3.63, 3.8) is 0 Å². The molecule has 0 aliphatic carbocycles. The molecule has 112 valence electrons. The second-order valence-electron chi connectivity index (χ2n) is 5.49. The maximum Gasteiger partial charge on any atom is 0.221 e. The molecule has 1 amide bonds. The van der Waals surface area contributed by atoms with Gasteiger partial charge in [0.05, 0.1) is 6.04 Å². The molecule has 3 heteroatoms. The first-order valence-corrected chi connectivity index (χ1v) is 7.67. The quantitative estimate of drug-likeness (QED) is 0.717. The van der Waals surface area contributed by atoms with Gasteiger partial charge in [-0.1, -0.05) is 52.0 Å². The fourth-order valence-electron chi connectivity index (χ4n) is 2.22. The number of carbonyl (C=O) groups is 1. The van der Waals surface area contributed by atoms with Crippen LogP contribution in [0.1, 0.15) is 51.3 Å². The molecule has 1 aromatic rings. The Kier molecular flexibility index (Phi) is 7.31. The van der Waals surface area contributed by atoms with Crippen LogP contribution in [0.15, 0.2) is 24.3 Å². The minimum Gasteiger partial charge on any atom is -0.349 e. The lowest BCUT2D eigenvalue weighted by Crippen LogP contribution is -2.33. The Bertz CT molecular complexity index is 398. The van der Waals surface area contributed by atoms with Gasteiger partial charge in [-0.15, -0.1) is 0 Å². The van der Waals surface area contributed by atoms with Crippen molar-refractivity contribution in [2.24, 2.45) is 5.92 Å². The highest BCUT2D eigenvalue weighted by Gasteiger charge is 2.17. The number of benzene rings is 1. The molecule has 0 saturated carbocycles. The Labute approximate surface area is 123 Å². The van der Waals surface area contributed by atoms with Crippen LogP contribution in [0.3, 0.4) is 0 Å². The molecule has 0 fully saturated rings. The normalized spacial score (nSPS) is 12.4. The van der Waals surface area contributed by atoms with Gasteiger partial charge in [0, 0.05) is 13.0 Å².